The van der Waals surface area contributed by atoms with E-state index in [9.17, 15) is 9.18 Å². The molecule has 1 aliphatic rings. The summed E-state index contributed by atoms with van der Waals surface area (Å²) in [4.78, 5) is 11.1. The van der Waals surface area contributed by atoms with Crippen molar-refractivity contribution in [3.05, 3.63) is 29.6 Å². The van der Waals surface area contributed by atoms with Gasteiger partial charge in [0.1, 0.15) is 5.82 Å². The average molecular weight is 264 g/mol. The minimum absolute atomic E-state index is 0.261. The van der Waals surface area contributed by atoms with E-state index in [1.54, 1.807) is 0 Å². The monoisotopic (exact) mass is 264 g/mol. The molecule has 2 unspecified atom stereocenters. The van der Waals surface area contributed by atoms with Crippen molar-refractivity contribution in [1.82, 2.24) is 0 Å². The smallest absolute Gasteiger partial charge is 0.248 e. The molecular formula is C15H21FN2O. The van der Waals surface area contributed by atoms with Gasteiger partial charge < -0.3 is 11.1 Å². The van der Waals surface area contributed by atoms with Crippen LogP contribution in [0.15, 0.2) is 18.2 Å². The van der Waals surface area contributed by atoms with Gasteiger partial charge in [0.05, 0.1) is 5.69 Å². The average Bonchev–Trinajstić information content (AvgIpc) is 2.30. The van der Waals surface area contributed by atoms with Crippen molar-refractivity contribution >= 4 is 11.6 Å². The van der Waals surface area contributed by atoms with Crippen LogP contribution in [0, 0.1) is 17.7 Å². The Hall–Kier alpha value is -1.58. The largest absolute Gasteiger partial charge is 0.380 e. The maximum Gasteiger partial charge on any atom is 0.248 e. The van der Waals surface area contributed by atoms with E-state index in [0.717, 1.165) is 12.8 Å². The number of primary amides is 1. The fraction of sp³-hybridized carbons (Fsp3) is 0.533. The first-order valence-electron chi connectivity index (χ1n) is 6.81. The van der Waals surface area contributed by atoms with Crippen LogP contribution in [0.2, 0.25) is 0 Å². The predicted octanol–water partition coefficient (Wildman–Crippen LogP) is 3.16. The van der Waals surface area contributed by atoms with Crippen molar-refractivity contribution in [2.75, 3.05) is 5.32 Å². The number of rotatable bonds is 3. The third-order valence-electron chi connectivity index (χ3n) is 3.79. The molecule has 2 rings (SSSR count). The standard InChI is InChI=1S/C15H21FN2O/c1-9-5-10(2)7-12(6-9)18-14-8-11(15(17)19)3-4-13(14)16/h3-4,8-10,12,18H,5-7H2,1-2H3,(H2,17,19). The molecule has 0 bridgehead atoms. The highest BCUT2D eigenvalue weighted by molar-refractivity contribution is 5.93. The van der Waals surface area contributed by atoms with Crippen LogP contribution in [0.5, 0.6) is 0 Å². The molecule has 1 saturated carbocycles. The summed E-state index contributed by atoms with van der Waals surface area (Å²) in [6, 6.07) is 4.46. The molecule has 0 aromatic heterocycles. The molecule has 0 heterocycles. The summed E-state index contributed by atoms with van der Waals surface area (Å²) in [5.41, 5.74) is 5.93. The Bertz CT molecular complexity index is 465. The van der Waals surface area contributed by atoms with Gasteiger partial charge in [-0.25, -0.2) is 4.39 Å². The van der Waals surface area contributed by atoms with Gasteiger partial charge >= 0.3 is 0 Å². The molecule has 0 aliphatic heterocycles. The second-order valence-electron chi connectivity index (χ2n) is 5.82. The summed E-state index contributed by atoms with van der Waals surface area (Å²) < 4.78 is 13.8. The topological polar surface area (TPSA) is 55.1 Å². The Morgan fingerprint density at radius 2 is 1.89 bits per heavy atom. The van der Waals surface area contributed by atoms with E-state index >= 15 is 0 Å². The molecule has 0 spiro atoms. The van der Waals surface area contributed by atoms with Crippen LogP contribution >= 0.6 is 0 Å². The molecule has 1 amide bonds. The lowest BCUT2D eigenvalue weighted by Crippen LogP contribution is -2.30. The fourth-order valence-corrected chi connectivity index (χ4v) is 3.07. The van der Waals surface area contributed by atoms with E-state index in [-0.39, 0.29) is 11.9 Å². The quantitative estimate of drug-likeness (QED) is 0.881. The highest BCUT2D eigenvalue weighted by atomic mass is 19.1. The number of hydrogen-bond donors (Lipinski definition) is 2. The molecule has 3 nitrogen and oxygen atoms in total. The zero-order valence-electron chi connectivity index (χ0n) is 11.4. The maximum atomic E-state index is 13.8. The van der Waals surface area contributed by atoms with Crippen molar-refractivity contribution in [3.63, 3.8) is 0 Å². The Morgan fingerprint density at radius 1 is 1.26 bits per heavy atom. The van der Waals surface area contributed by atoms with Crippen LogP contribution in [0.25, 0.3) is 0 Å². The molecule has 0 radical (unpaired) electrons. The highest BCUT2D eigenvalue weighted by Crippen LogP contribution is 2.31. The first kappa shape index (κ1) is 13.8. The molecule has 4 heteroatoms. The first-order chi connectivity index (χ1) is 8.95. The lowest BCUT2D eigenvalue weighted by atomic mass is 9.80. The normalized spacial score (nSPS) is 27.0. The third kappa shape index (κ3) is 3.46. The second kappa shape index (κ2) is 5.59. The molecule has 2 atom stereocenters. The Morgan fingerprint density at radius 3 is 2.47 bits per heavy atom. The number of hydrogen-bond acceptors (Lipinski definition) is 2. The molecule has 1 fully saturated rings. The summed E-state index contributed by atoms with van der Waals surface area (Å²) in [6.45, 7) is 4.45. The van der Waals surface area contributed by atoms with Crippen LogP contribution < -0.4 is 11.1 Å². The zero-order chi connectivity index (χ0) is 14.0. The number of nitrogens with one attached hydrogen (secondary N) is 1. The predicted molar refractivity (Wildman–Crippen MR) is 74.5 cm³/mol. The maximum absolute atomic E-state index is 13.8. The number of carbonyl (C=O) groups is 1. The summed E-state index contributed by atoms with van der Waals surface area (Å²) in [6.07, 6.45) is 3.29. The molecule has 104 valence electrons. The number of nitrogens with two attached hydrogens (primary N) is 1. The molecule has 0 saturated heterocycles. The summed E-state index contributed by atoms with van der Waals surface area (Å²) >= 11 is 0. The fourth-order valence-electron chi connectivity index (χ4n) is 3.07. The Balaban J connectivity index is 2.13. The number of halogens is 1. The highest BCUT2D eigenvalue weighted by Gasteiger charge is 2.24. The van der Waals surface area contributed by atoms with Gasteiger partial charge in [-0.1, -0.05) is 13.8 Å². The van der Waals surface area contributed by atoms with Crippen molar-refractivity contribution < 1.29 is 9.18 Å². The van der Waals surface area contributed by atoms with E-state index in [0.29, 0.717) is 23.1 Å². The first-order valence-corrected chi connectivity index (χ1v) is 6.81. The van der Waals surface area contributed by atoms with Crippen LogP contribution in [-0.2, 0) is 0 Å². The SMILES string of the molecule is CC1CC(C)CC(Nc2cc(C(N)=O)ccc2F)C1. The van der Waals surface area contributed by atoms with Gasteiger partial charge in [0.25, 0.3) is 0 Å². The molecule has 19 heavy (non-hydrogen) atoms. The van der Waals surface area contributed by atoms with Crippen molar-refractivity contribution in [3.8, 4) is 0 Å². The molecule has 1 aliphatic carbocycles. The summed E-state index contributed by atoms with van der Waals surface area (Å²) in [7, 11) is 0. The van der Waals surface area contributed by atoms with E-state index in [4.69, 9.17) is 5.73 Å². The molecule has 1 aromatic rings. The molecule has 3 N–H and O–H groups in total. The molecular weight excluding hydrogens is 243 g/mol. The van der Waals surface area contributed by atoms with Gasteiger partial charge in [0.2, 0.25) is 5.91 Å². The van der Waals surface area contributed by atoms with Crippen molar-refractivity contribution in [1.29, 1.82) is 0 Å². The van der Waals surface area contributed by atoms with Gasteiger partial charge in [0, 0.05) is 11.6 Å². The van der Waals surface area contributed by atoms with Crippen molar-refractivity contribution in [2.45, 2.75) is 39.2 Å². The minimum Gasteiger partial charge on any atom is -0.380 e. The zero-order valence-corrected chi connectivity index (χ0v) is 11.4. The Labute approximate surface area is 113 Å². The summed E-state index contributed by atoms with van der Waals surface area (Å²) in [5, 5.41) is 3.22. The van der Waals surface area contributed by atoms with Gasteiger partial charge in [0.15, 0.2) is 0 Å². The number of amides is 1. The van der Waals surface area contributed by atoms with Gasteiger partial charge in [-0.2, -0.15) is 0 Å². The van der Waals surface area contributed by atoms with Crippen LogP contribution in [0.3, 0.4) is 0 Å². The number of benzene rings is 1. The van der Waals surface area contributed by atoms with Gasteiger partial charge in [-0.05, 0) is 49.3 Å². The third-order valence-corrected chi connectivity index (χ3v) is 3.79. The van der Waals surface area contributed by atoms with E-state index in [2.05, 4.69) is 19.2 Å². The minimum atomic E-state index is -0.534. The summed E-state index contributed by atoms with van der Waals surface area (Å²) in [5.74, 6) is 0.413. The second-order valence-corrected chi connectivity index (χ2v) is 5.82. The van der Waals surface area contributed by atoms with Crippen LogP contribution in [0.1, 0.15) is 43.5 Å². The van der Waals surface area contributed by atoms with E-state index in [1.165, 1.54) is 24.6 Å². The Kier molecular flexibility index (Phi) is 4.08. The lowest BCUT2D eigenvalue weighted by molar-refractivity contribution is 0.100. The van der Waals surface area contributed by atoms with Crippen LogP contribution in [0.4, 0.5) is 10.1 Å². The van der Waals surface area contributed by atoms with Crippen molar-refractivity contribution in [2.24, 2.45) is 17.6 Å². The lowest BCUT2D eigenvalue weighted by Gasteiger charge is -2.32. The van der Waals surface area contributed by atoms with Gasteiger partial charge in [-0.15, -0.1) is 0 Å². The van der Waals surface area contributed by atoms with E-state index < -0.39 is 5.91 Å². The number of carbonyl (C=O) groups excluding carboxylic acids is 1. The van der Waals surface area contributed by atoms with Crippen LogP contribution in [-0.4, -0.2) is 11.9 Å². The van der Waals surface area contributed by atoms with Gasteiger partial charge in [-0.3, -0.25) is 4.79 Å². The molecule has 1 aromatic carbocycles. The number of anilines is 1. The van der Waals surface area contributed by atoms with E-state index in [1.807, 2.05) is 0 Å².